The van der Waals surface area contributed by atoms with Gasteiger partial charge in [-0.05, 0) is 18.2 Å². The number of hydrogen-bond donors (Lipinski definition) is 2. The first-order chi connectivity index (χ1) is 6.59. The molecule has 0 radical (unpaired) electrons. The van der Waals surface area contributed by atoms with Crippen molar-refractivity contribution in [1.29, 1.82) is 0 Å². The summed E-state index contributed by atoms with van der Waals surface area (Å²) in [6.45, 7) is 2.55. The van der Waals surface area contributed by atoms with Crippen molar-refractivity contribution < 1.29 is 4.39 Å². The van der Waals surface area contributed by atoms with Crippen molar-refractivity contribution in [2.75, 3.05) is 11.9 Å². The number of rotatable bonds is 4. The van der Waals surface area contributed by atoms with E-state index in [0.717, 1.165) is 5.69 Å². The fourth-order valence-corrected chi connectivity index (χ4v) is 1.05. The molecule has 0 saturated heterocycles. The van der Waals surface area contributed by atoms with Crippen molar-refractivity contribution in [2.45, 2.75) is 6.92 Å². The van der Waals surface area contributed by atoms with Gasteiger partial charge in [0.1, 0.15) is 5.82 Å². The zero-order chi connectivity index (χ0) is 10.6. The smallest absolute Gasteiger partial charge is 0.125 e. The summed E-state index contributed by atoms with van der Waals surface area (Å²) in [5.74, 6) is -0.147. The van der Waals surface area contributed by atoms with Crippen molar-refractivity contribution in [3.8, 4) is 0 Å². The van der Waals surface area contributed by atoms with E-state index >= 15 is 0 Å². The molecule has 0 aliphatic rings. The minimum Gasteiger partial charge on any atom is -0.393 e. The van der Waals surface area contributed by atoms with Crippen LogP contribution in [0.15, 0.2) is 24.3 Å². The first-order valence-corrected chi connectivity index (χ1v) is 4.79. The van der Waals surface area contributed by atoms with E-state index < -0.39 is 0 Å². The van der Waals surface area contributed by atoms with Gasteiger partial charge >= 0.3 is 0 Å². The van der Waals surface area contributed by atoms with Gasteiger partial charge in [-0.3, -0.25) is 0 Å². The molecule has 14 heavy (non-hydrogen) atoms. The van der Waals surface area contributed by atoms with E-state index in [0.29, 0.717) is 11.5 Å². The number of nitrogens with two attached hydrogens (primary N) is 1. The van der Waals surface area contributed by atoms with E-state index in [-0.39, 0.29) is 11.7 Å². The molecule has 0 saturated carbocycles. The molecule has 4 heteroatoms. The van der Waals surface area contributed by atoms with E-state index in [1.54, 1.807) is 12.1 Å². The molecule has 0 aromatic heterocycles. The molecule has 0 amide bonds. The van der Waals surface area contributed by atoms with Gasteiger partial charge in [0.05, 0.1) is 4.99 Å². The van der Waals surface area contributed by atoms with Gasteiger partial charge in [-0.15, -0.1) is 0 Å². The molecule has 1 atom stereocenters. The predicted molar refractivity (Wildman–Crippen MR) is 60.8 cm³/mol. The molecular formula is C10H13FN2S. The summed E-state index contributed by atoms with van der Waals surface area (Å²) in [6.07, 6.45) is 0. The van der Waals surface area contributed by atoms with E-state index in [9.17, 15) is 4.39 Å². The van der Waals surface area contributed by atoms with Crippen LogP contribution in [0.4, 0.5) is 10.1 Å². The Hall–Kier alpha value is -1.16. The normalized spacial score (nSPS) is 12.1. The SMILES string of the molecule is CC(CNc1cccc(F)c1)C(N)=S. The van der Waals surface area contributed by atoms with Gasteiger partial charge in [0.2, 0.25) is 0 Å². The third kappa shape index (κ3) is 3.30. The molecular weight excluding hydrogens is 199 g/mol. The summed E-state index contributed by atoms with van der Waals surface area (Å²) in [4.78, 5) is 0.467. The van der Waals surface area contributed by atoms with Crippen LogP contribution >= 0.6 is 12.2 Å². The zero-order valence-electron chi connectivity index (χ0n) is 7.96. The average Bonchev–Trinajstić information content (AvgIpc) is 2.14. The number of nitrogens with one attached hydrogen (secondary N) is 1. The highest BCUT2D eigenvalue weighted by Gasteiger charge is 2.04. The van der Waals surface area contributed by atoms with Crippen LogP contribution in [-0.2, 0) is 0 Å². The Morgan fingerprint density at radius 1 is 1.64 bits per heavy atom. The zero-order valence-corrected chi connectivity index (χ0v) is 8.77. The molecule has 0 aliphatic heterocycles. The highest BCUT2D eigenvalue weighted by atomic mass is 32.1. The maximum absolute atomic E-state index is 12.8. The van der Waals surface area contributed by atoms with Gasteiger partial charge in [0.15, 0.2) is 0 Å². The second-order valence-corrected chi connectivity index (χ2v) is 3.67. The molecule has 0 aliphatic carbocycles. The van der Waals surface area contributed by atoms with Crippen LogP contribution in [-0.4, -0.2) is 11.5 Å². The average molecular weight is 212 g/mol. The number of anilines is 1. The van der Waals surface area contributed by atoms with Crippen molar-refractivity contribution >= 4 is 22.9 Å². The predicted octanol–water partition coefficient (Wildman–Crippen LogP) is 2.16. The maximum atomic E-state index is 12.8. The summed E-state index contributed by atoms with van der Waals surface area (Å²) in [5.41, 5.74) is 6.19. The number of halogens is 1. The quantitative estimate of drug-likeness (QED) is 0.751. The topological polar surface area (TPSA) is 38.0 Å². The van der Waals surface area contributed by atoms with Crippen LogP contribution in [0.1, 0.15) is 6.92 Å². The molecule has 0 bridgehead atoms. The van der Waals surface area contributed by atoms with Crippen LogP contribution in [0.3, 0.4) is 0 Å². The van der Waals surface area contributed by atoms with Crippen LogP contribution in [0.5, 0.6) is 0 Å². The first-order valence-electron chi connectivity index (χ1n) is 4.38. The Morgan fingerprint density at radius 3 is 2.93 bits per heavy atom. The summed E-state index contributed by atoms with van der Waals surface area (Å²) in [6, 6.07) is 6.30. The summed E-state index contributed by atoms with van der Waals surface area (Å²) in [7, 11) is 0. The molecule has 1 aromatic carbocycles. The Balaban J connectivity index is 2.49. The lowest BCUT2D eigenvalue weighted by Gasteiger charge is -2.11. The minimum atomic E-state index is -0.252. The lowest BCUT2D eigenvalue weighted by molar-refractivity contribution is 0.628. The van der Waals surface area contributed by atoms with Crippen LogP contribution in [0.25, 0.3) is 0 Å². The Bertz CT molecular complexity index is 328. The molecule has 2 nitrogen and oxygen atoms in total. The number of benzene rings is 1. The van der Waals surface area contributed by atoms with Crippen molar-refractivity contribution in [1.82, 2.24) is 0 Å². The summed E-state index contributed by atoms with van der Waals surface area (Å²) in [5, 5.41) is 3.06. The van der Waals surface area contributed by atoms with Crippen molar-refractivity contribution in [3.63, 3.8) is 0 Å². The van der Waals surface area contributed by atoms with Gasteiger partial charge in [-0.1, -0.05) is 25.2 Å². The van der Waals surface area contributed by atoms with Crippen molar-refractivity contribution in [2.24, 2.45) is 11.7 Å². The highest BCUT2D eigenvalue weighted by Crippen LogP contribution is 2.09. The second kappa shape index (κ2) is 4.91. The fraction of sp³-hybridized carbons (Fsp3) is 0.300. The Labute approximate surface area is 88.3 Å². The molecule has 0 spiro atoms. The van der Waals surface area contributed by atoms with Gasteiger partial charge in [-0.25, -0.2) is 4.39 Å². The lowest BCUT2D eigenvalue weighted by atomic mass is 10.2. The first kappa shape index (κ1) is 10.9. The largest absolute Gasteiger partial charge is 0.393 e. The van der Waals surface area contributed by atoms with Crippen LogP contribution < -0.4 is 11.1 Å². The molecule has 76 valence electrons. The molecule has 1 unspecified atom stereocenters. The Morgan fingerprint density at radius 2 is 2.36 bits per heavy atom. The monoisotopic (exact) mass is 212 g/mol. The minimum absolute atomic E-state index is 0.105. The van der Waals surface area contributed by atoms with E-state index in [1.807, 2.05) is 6.92 Å². The van der Waals surface area contributed by atoms with E-state index in [1.165, 1.54) is 12.1 Å². The molecule has 3 N–H and O–H groups in total. The van der Waals surface area contributed by atoms with Crippen molar-refractivity contribution in [3.05, 3.63) is 30.1 Å². The lowest BCUT2D eigenvalue weighted by Crippen LogP contribution is -2.25. The summed E-state index contributed by atoms with van der Waals surface area (Å²) < 4.78 is 12.8. The number of hydrogen-bond acceptors (Lipinski definition) is 2. The van der Waals surface area contributed by atoms with Gasteiger partial charge in [-0.2, -0.15) is 0 Å². The highest BCUT2D eigenvalue weighted by molar-refractivity contribution is 7.80. The second-order valence-electron chi connectivity index (χ2n) is 3.19. The summed E-state index contributed by atoms with van der Waals surface area (Å²) >= 11 is 4.82. The number of thiocarbonyl (C=S) groups is 1. The third-order valence-corrected chi connectivity index (χ3v) is 2.33. The van der Waals surface area contributed by atoms with Crippen LogP contribution in [0, 0.1) is 11.7 Å². The molecule has 0 heterocycles. The molecule has 0 fully saturated rings. The standard InChI is InChI=1S/C10H13FN2S/c1-7(10(12)14)6-13-9-4-2-3-8(11)5-9/h2-5,7,13H,6H2,1H3,(H2,12,14). The van der Waals surface area contributed by atoms with Gasteiger partial charge < -0.3 is 11.1 Å². The Kier molecular flexibility index (Phi) is 3.83. The van der Waals surface area contributed by atoms with Gasteiger partial charge in [0.25, 0.3) is 0 Å². The third-order valence-electron chi connectivity index (χ3n) is 1.92. The maximum Gasteiger partial charge on any atom is 0.125 e. The molecule has 1 aromatic rings. The van der Waals surface area contributed by atoms with E-state index in [4.69, 9.17) is 18.0 Å². The fourth-order valence-electron chi connectivity index (χ4n) is 0.970. The molecule has 1 rings (SSSR count). The van der Waals surface area contributed by atoms with Gasteiger partial charge in [0, 0.05) is 18.2 Å². The van der Waals surface area contributed by atoms with E-state index in [2.05, 4.69) is 5.32 Å². The van der Waals surface area contributed by atoms with Crippen LogP contribution in [0.2, 0.25) is 0 Å².